The number of rotatable bonds is 4. The number of nitrogens with zero attached hydrogens (tertiary/aromatic N) is 3. The molecule has 0 unspecified atom stereocenters. The van der Waals surface area contributed by atoms with Gasteiger partial charge in [0.15, 0.2) is 0 Å². The van der Waals surface area contributed by atoms with Crippen LogP contribution in [0.5, 0.6) is 0 Å². The SMILES string of the molecule is Cl.Cl.N#Cc1ccc(Nc2ncc(C#C[C@H]3CCC[C@@H](N)C3)c(NC3CC3)n2)cc1. The van der Waals surface area contributed by atoms with Crippen molar-refractivity contribution in [2.75, 3.05) is 10.6 Å². The maximum atomic E-state index is 8.91. The quantitative estimate of drug-likeness (QED) is 0.604. The molecule has 30 heavy (non-hydrogen) atoms. The Hall–Kier alpha value is -2.51. The van der Waals surface area contributed by atoms with Gasteiger partial charge in [-0.1, -0.05) is 18.3 Å². The number of hydrogen-bond donors (Lipinski definition) is 3. The van der Waals surface area contributed by atoms with E-state index in [9.17, 15) is 0 Å². The van der Waals surface area contributed by atoms with Crippen molar-refractivity contribution in [2.45, 2.75) is 50.6 Å². The summed E-state index contributed by atoms with van der Waals surface area (Å²) in [6, 6.07) is 10.1. The molecule has 2 saturated carbocycles. The Bertz CT molecular complexity index is 941. The Morgan fingerprint density at radius 3 is 2.50 bits per heavy atom. The summed E-state index contributed by atoms with van der Waals surface area (Å²) >= 11 is 0. The van der Waals surface area contributed by atoms with E-state index in [1.807, 2.05) is 12.1 Å². The molecule has 2 aromatic rings. The summed E-state index contributed by atoms with van der Waals surface area (Å²) in [6.45, 7) is 0. The molecule has 6 nitrogen and oxygen atoms in total. The van der Waals surface area contributed by atoms with Gasteiger partial charge in [-0.25, -0.2) is 4.98 Å². The number of halogens is 2. The van der Waals surface area contributed by atoms with Crippen LogP contribution in [0.1, 0.15) is 49.7 Å². The van der Waals surface area contributed by atoms with Gasteiger partial charge in [0.25, 0.3) is 0 Å². The van der Waals surface area contributed by atoms with Crippen LogP contribution in [-0.2, 0) is 0 Å². The lowest BCUT2D eigenvalue weighted by molar-refractivity contribution is 0.381. The number of nitriles is 1. The van der Waals surface area contributed by atoms with Crippen LogP contribution in [0.4, 0.5) is 17.5 Å². The van der Waals surface area contributed by atoms with Crippen molar-refractivity contribution in [3.63, 3.8) is 0 Å². The van der Waals surface area contributed by atoms with Gasteiger partial charge < -0.3 is 16.4 Å². The highest BCUT2D eigenvalue weighted by Gasteiger charge is 2.23. The van der Waals surface area contributed by atoms with Gasteiger partial charge in [-0.15, -0.1) is 24.8 Å². The Balaban J connectivity index is 0.00000160. The van der Waals surface area contributed by atoms with Crippen molar-refractivity contribution >= 4 is 42.3 Å². The third-order valence-electron chi connectivity index (χ3n) is 5.10. The summed E-state index contributed by atoms with van der Waals surface area (Å²) in [7, 11) is 0. The molecule has 4 rings (SSSR count). The van der Waals surface area contributed by atoms with Crippen LogP contribution in [-0.4, -0.2) is 22.1 Å². The Labute approximate surface area is 189 Å². The molecule has 2 aliphatic carbocycles. The first-order chi connectivity index (χ1) is 13.7. The van der Waals surface area contributed by atoms with Crippen LogP contribution >= 0.6 is 24.8 Å². The molecule has 0 bridgehead atoms. The van der Waals surface area contributed by atoms with Gasteiger partial charge in [0, 0.05) is 23.7 Å². The lowest BCUT2D eigenvalue weighted by atomic mass is 9.86. The third-order valence-corrected chi connectivity index (χ3v) is 5.10. The van der Waals surface area contributed by atoms with E-state index in [0.717, 1.165) is 55.6 Å². The molecule has 0 saturated heterocycles. The number of nitrogens with two attached hydrogens (primary N) is 1. The molecule has 4 N–H and O–H groups in total. The lowest BCUT2D eigenvalue weighted by Crippen LogP contribution is -2.27. The zero-order valence-corrected chi connectivity index (χ0v) is 18.2. The topological polar surface area (TPSA) is 99.7 Å². The van der Waals surface area contributed by atoms with Crippen LogP contribution in [0.25, 0.3) is 0 Å². The minimum atomic E-state index is 0. The molecular weight excluding hydrogens is 419 g/mol. The molecule has 0 amide bonds. The predicted molar refractivity (Wildman–Crippen MR) is 124 cm³/mol. The van der Waals surface area contributed by atoms with E-state index in [1.165, 1.54) is 0 Å². The van der Waals surface area contributed by atoms with Gasteiger partial charge in [-0.3, -0.25) is 0 Å². The molecule has 1 aromatic heterocycles. The van der Waals surface area contributed by atoms with Crippen molar-refractivity contribution < 1.29 is 0 Å². The second kappa shape index (κ2) is 11.0. The fourth-order valence-corrected chi connectivity index (χ4v) is 3.36. The van der Waals surface area contributed by atoms with Crippen molar-refractivity contribution in [2.24, 2.45) is 11.7 Å². The zero-order valence-electron chi connectivity index (χ0n) is 16.6. The average Bonchev–Trinajstić information content (AvgIpc) is 3.52. The van der Waals surface area contributed by atoms with Crippen LogP contribution < -0.4 is 16.4 Å². The standard InChI is InChI=1S/C22H24N6.2ClH/c23-13-16-5-8-20(9-6-16)27-22-25-14-17(21(28-22)26-19-10-11-19)7-4-15-2-1-3-18(24)12-15;;/h5-6,8-9,14-15,18-19H,1-3,10-12,24H2,(H2,25,26,27,28);2*1H/t15-,18-;;/m1../s1. The summed E-state index contributed by atoms with van der Waals surface area (Å²) in [6.07, 6.45) is 8.44. The number of benzene rings is 1. The number of aromatic nitrogens is 2. The highest BCUT2D eigenvalue weighted by molar-refractivity contribution is 5.85. The normalized spacial score (nSPS) is 19.7. The highest BCUT2D eigenvalue weighted by atomic mass is 35.5. The smallest absolute Gasteiger partial charge is 0.229 e. The number of nitrogens with one attached hydrogen (secondary N) is 2. The fourth-order valence-electron chi connectivity index (χ4n) is 3.36. The molecule has 158 valence electrons. The zero-order chi connectivity index (χ0) is 19.3. The van der Waals surface area contributed by atoms with Gasteiger partial charge in [-0.05, 0) is 56.4 Å². The third kappa shape index (κ3) is 6.50. The first-order valence-corrected chi connectivity index (χ1v) is 9.87. The Morgan fingerprint density at radius 1 is 1.07 bits per heavy atom. The predicted octanol–water partition coefficient (Wildman–Crippen LogP) is 4.38. The Kier molecular flexibility index (Phi) is 8.74. The Morgan fingerprint density at radius 2 is 1.83 bits per heavy atom. The van der Waals surface area contributed by atoms with E-state index < -0.39 is 0 Å². The second-order valence-corrected chi connectivity index (χ2v) is 7.58. The van der Waals surface area contributed by atoms with E-state index >= 15 is 0 Å². The van der Waals surface area contributed by atoms with Crippen LogP contribution in [0, 0.1) is 29.1 Å². The summed E-state index contributed by atoms with van der Waals surface area (Å²) in [5.41, 5.74) is 8.37. The molecule has 1 heterocycles. The molecule has 2 fully saturated rings. The summed E-state index contributed by atoms with van der Waals surface area (Å²) < 4.78 is 0. The van der Waals surface area contributed by atoms with Crippen molar-refractivity contribution in [1.29, 1.82) is 5.26 Å². The maximum absolute atomic E-state index is 8.91. The number of hydrogen-bond acceptors (Lipinski definition) is 6. The van der Waals surface area contributed by atoms with Crippen molar-refractivity contribution in [3.8, 4) is 17.9 Å². The van der Waals surface area contributed by atoms with E-state index in [0.29, 0.717) is 23.5 Å². The van der Waals surface area contributed by atoms with E-state index in [2.05, 4.69) is 38.5 Å². The van der Waals surface area contributed by atoms with Crippen molar-refractivity contribution in [1.82, 2.24) is 9.97 Å². The molecule has 0 radical (unpaired) electrons. The summed E-state index contributed by atoms with van der Waals surface area (Å²) in [5.74, 6) is 8.32. The second-order valence-electron chi connectivity index (χ2n) is 7.58. The first-order valence-electron chi connectivity index (χ1n) is 9.87. The summed E-state index contributed by atoms with van der Waals surface area (Å²) in [5, 5.41) is 15.6. The molecular formula is C22H26Cl2N6. The van der Waals surface area contributed by atoms with E-state index in [-0.39, 0.29) is 30.9 Å². The minimum absolute atomic E-state index is 0. The van der Waals surface area contributed by atoms with Gasteiger partial charge in [0.2, 0.25) is 5.95 Å². The largest absolute Gasteiger partial charge is 0.366 e. The average molecular weight is 445 g/mol. The van der Waals surface area contributed by atoms with Crippen molar-refractivity contribution in [3.05, 3.63) is 41.6 Å². The van der Waals surface area contributed by atoms with Crippen LogP contribution in [0.15, 0.2) is 30.5 Å². The van der Waals surface area contributed by atoms with Gasteiger partial charge >= 0.3 is 0 Å². The molecule has 2 atom stereocenters. The van der Waals surface area contributed by atoms with Crippen LogP contribution in [0.2, 0.25) is 0 Å². The molecule has 0 spiro atoms. The minimum Gasteiger partial charge on any atom is -0.366 e. The molecule has 2 aliphatic rings. The summed E-state index contributed by atoms with van der Waals surface area (Å²) in [4.78, 5) is 9.07. The van der Waals surface area contributed by atoms with Gasteiger partial charge in [0.05, 0.1) is 23.4 Å². The lowest BCUT2D eigenvalue weighted by Gasteiger charge is -2.22. The fraction of sp³-hybridized carbons (Fsp3) is 0.409. The van der Waals surface area contributed by atoms with Crippen LogP contribution in [0.3, 0.4) is 0 Å². The van der Waals surface area contributed by atoms with E-state index in [4.69, 9.17) is 11.0 Å². The molecule has 0 aliphatic heterocycles. The number of anilines is 3. The highest BCUT2D eigenvalue weighted by Crippen LogP contribution is 2.27. The molecule has 1 aromatic carbocycles. The maximum Gasteiger partial charge on any atom is 0.229 e. The van der Waals surface area contributed by atoms with E-state index in [1.54, 1.807) is 18.3 Å². The molecule has 8 heteroatoms. The first kappa shape index (κ1) is 23.8. The van der Waals surface area contributed by atoms with Gasteiger partial charge in [0.1, 0.15) is 5.82 Å². The monoisotopic (exact) mass is 444 g/mol. The van der Waals surface area contributed by atoms with Gasteiger partial charge in [-0.2, -0.15) is 10.2 Å².